The quantitative estimate of drug-likeness (QED) is 0.113. The molecule has 0 heterocycles. The number of phenolic OH excluding ortho intramolecular Hbond substituents is 2. The largest absolute Gasteiger partial charge is 0.508 e. The Morgan fingerprint density at radius 1 is 0.370 bits per heavy atom. The SMILES string of the molecule is COc1ccc(C(OC)(c2ccc(OC)cc2)c2cc(O)c(C(OC)(c3ccc(OC)cc3)c3ccc(OC)cc3)cc2O)cc1. The molecule has 0 saturated carbocycles. The predicted molar refractivity (Wildman–Crippen MR) is 176 cm³/mol. The van der Waals surface area contributed by atoms with Gasteiger partial charge in [-0.05, 0) is 82.9 Å². The molecule has 0 unspecified atom stereocenters. The van der Waals surface area contributed by atoms with Crippen LogP contribution in [0.3, 0.4) is 0 Å². The van der Waals surface area contributed by atoms with E-state index >= 15 is 0 Å². The topological polar surface area (TPSA) is 95.8 Å². The second kappa shape index (κ2) is 13.4. The molecule has 0 spiro atoms. The summed E-state index contributed by atoms with van der Waals surface area (Å²) in [4.78, 5) is 0. The third kappa shape index (κ3) is 5.46. The molecule has 5 rings (SSSR count). The molecule has 8 heteroatoms. The standard InChI is InChI=1S/C38H38O8/c1-41-29-15-7-25(8-16-29)37(45-5,26-9-17-30(42-2)18-10-26)33-23-36(40)34(24-35(33)39)38(46-6,27-11-19-31(43-3)20-12-27)28-13-21-32(44-4)22-14-28/h7-24,39-40H,1-6H3. The fourth-order valence-corrected chi connectivity index (χ4v) is 6.09. The lowest BCUT2D eigenvalue weighted by molar-refractivity contribution is 0.0519. The van der Waals surface area contributed by atoms with Gasteiger partial charge in [0, 0.05) is 25.3 Å². The van der Waals surface area contributed by atoms with Gasteiger partial charge in [-0.1, -0.05) is 48.5 Å². The van der Waals surface area contributed by atoms with E-state index in [9.17, 15) is 10.2 Å². The molecule has 0 aliphatic heterocycles. The van der Waals surface area contributed by atoms with Gasteiger partial charge in [0.15, 0.2) is 0 Å². The number of ether oxygens (including phenoxy) is 6. The van der Waals surface area contributed by atoms with E-state index < -0.39 is 11.2 Å². The Balaban J connectivity index is 1.79. The molecule has 0 fully saturated rings. The molecule has 2 N–H and O–H groups in total. The highest BCUT2D eigenvalue weighted by molar-refractivity contribution is 5.62. The van der Waals surface area contributed by atoms with Gasteiger partial charge >= 0.3 is 0 Å². The summed E-state index contributed by atoms with van der Waals surface area (Å²) in [6.07, 6.45) is 0. The van der Waals surface area contributed by atoms with E-state index in [1.54, 1.807) is 42.7 Å². The Labute approximate surface area is 269 Å². The van der Waals surface area contributed by atoms with Gasteiger partial charge in [0.2, 0.25) is 0 Å². The maximum atomic E-state index is 12.0. The number of benzene rings is 5. The zero-order chi connectivity index (χ0) is 32.9. The van der Waals surface area contributed by atoms with Crippen molar-refractivity contribution in [1.82, 2.24) is 0 Å². The van der Waals surface area contributed by atoms with E-state index in [0.29, 0.717) is 56.4 Å². The van der Waals surface area contributed by atoms with Crippen LogP contribution in [0, 0.1) is 0 Å². The first-order valence-corrected chi connectivity index (χ1v) is 14.6. The average Bonchev–Trinajstić information content (AvgIpc) is 3.12. The maximum absolute atomic E-state index is 12.0. The summed E-state index contributed by atoms with van der Waals surface area (Å²) in [7, 11) is 9.51. The lowest BCUT2D eigenvalue weighted by Gasteiger charge is -2.38. The van der Waals surface area contributed by atoms with E-state index in [1.165, 1.54) is 12.1 Å². The van der Waals surface area contributed by atoms with Crippen molar-refractivity contribution in [2.24, 2.45) is 0 Å². The molecule has 0 radical (unpaired) electrons. The van der Waals surface area contributed by atoms with Gasteiger partial charge in [-0.25, -0.2) is 0 Å². The molecular formula is C38H38O8. The van der Waals surface area contributed by atoms with Crippen LogP contribution in [0.25, 0.3) is 0 Å². The van der Waals surface area contributed by atoms with Crippen LogP contribution in [0.5, 0.6) is 34.5 Å². The summed E-state index contributed by atoms with van der Waals surface area (Å²) in [5.41, 5.74) is 0.766. The smallest absolute Gasteiger partial charge is 0.147 e. The Hall–Kier alpha value is -5.18. The molecule has 46 heavy (non-hydrogen) atoms. The monoisotopic (exact) mass is 622 g/mol. The Bertz CT molecular complexity index is 1520. The molecule has 0 aromatic heterocycles. The second-order valence-electron chi connectivity index (χ2n) is 10.6. The fourth-order valence-electron chi connectivity index (χ4n) is 6.09. The van der Waals surface area contributed by atoms with Gasteiger partial charge in [0.05, 0.1) is 28.4 Å². The molecule has 0 aliphatic rings. The first-order valence-electron chi connectivity index (χ1n) is 14.6. The van der Waals surface area contributed by atoms with Crippen LogP contribution in [0.1, 0.15) is 33.4 Å². The van der Waals surface area contributed by atoms with Gasteiger partial charge in [-0.3, -0.25) is 0 Å². The van der Waals surface area contributed by atoms with Gasteiger partial charge < -0.3 is 38.6 Å². The summed E-state index contributed by atoms with van der Waals surface area (Å²) >= 11 is 0. The third-order valence-electron chi connectivity index (χ3n) is 8.47. The van der Waals surface area contributed by atoms with Crippen molar-refractivity contribution in [3.05, 3.63) is 143 Å². The zero-order valence-corrected chi connectivity index (χ0v) is 26.7. The molecule has 0 bridgehead atoms. The summed E-state index contributed by atoms with van der Waals surface area (Å²) in [5.74, 6) is 2.41. The number of hydrogen-bond acceptors (Lipinski definition) is 8. The van der Waals surface area contributed by atoms with Crippen molar-refractivity contribution in [1.29, 1.82) is 0 Å². The molecule has 5 aromatic carbocycles. The number of aromatic hydroxyl groups is 2. The summed E-state index contributed by atoms with van der Waals surface area (Å²) in [5, 5.41) is 24.0. The van der Waals surface area contributed by atoms with Gasteiger partial charge in [-0.2, -0.15) is 0 Å². The van der Waals surface area contributed by atoms with Crippen molar-refractivity contribution in [2.45, 2.75) is 11.2 Å². The Kier molecular flexibility index (Phi) is 9.41. The fraction of sp³-hybridized carbons (Fsp3) is 0.211. The predicted octanol–water partition coefficient (Wildman–Crippen LogP) is 7.01. The number of methoxy groups -OCH3 is 6. The van der Waals surface area contributed by atoms with E-state index in [2.05, 4.69) is 0 Å². The summed E-state index contributed by atoms with van der Waals surface area (Å²) < 4.78 is 34.3. The van der Waals surface area contributed by atoms with Crippen molar-refractivity contribution >= 4 is 0 Å². The van der Waals surface area contributed by atoms with E-state index in [-0.39, 0.29) is 11.5 Å². The van der Waals surface area contributed by atoms with Crippen LogP contribution in [0.15, 0.2) is 109 Å². The maximum Gasteiger partial charge on any atom is 0.147 e. The van der Waals surface area contributed by atoms with Crippen LogP contribution in [0.4, 0.5) is 0 Å². The minimum Gasteiger partial charge on any atom is -0.508 e. The highest BCUT2D eigenvalue weighted by Gasteiger charge is 2.44. The van der Waals surface area contributed by atoms with E-state index in [0.717, 1.165) is 0 Å². The van der Waals surface area contributed by atoms with Gasteiger partial charge in [0.1, 0.15) is 45.7 Å². The zero-order valence-electron chi connectivity index (χ0n) is 26.7. The number of phenols is 2. The first kappa shape index (κ1) is 32.2. The van der Waals surface area contributed by atoms with Crippen LogP contribution in [-0.2, 0) is 20.7 Å². The highest BCUT2D eigenvalue weighted by atomic mass is 16.5. The van der Waals surface area contributed by atoms with Crippen LogP contribution in [-0.4, -0.2) is 52.9 Å². The van der Waals surface area contributed by atoms with Crippen LogP contribution in [0.2, 0.25) is 0 Å². The van der Waals surface area contributed by atoms with Crippen molar-refractivity contribution < 1.29 is 38.6 Å². The molecule has 0 atom stereocenters. The molecule has 0 amide bonds. The molecular weight excluding hydrogens is 584 g/mol. The number of hydrogen-bond donors (Lipinski definition) is 2. The second-order valence-corrected chi connectivity index (χ2v) is 10.6. The normalized spacial score (nSPS) is 11.6. The van der Waals surface area contributed by atoms with Crippen molar-refractivity contribution in [3.8, 4) is 34.5 Å². The highest BCUT2D eigenvalue weighted by Crippen LogP contribution is 2.51. The van der Waals surface area contributed by atoms with Gasteiger partial charge in [0.25, 0.3) is 0 Å². The molecule has 0 saturated heterocycles. The van der Waals surface area contributed by atoms with Crippen molar-refractivity contribution in [2.75, 3.05) is 42.7 Å². The molecule has 238 valence electrons. The molecule has 8 nitrogen and oxygen atoms in total. The lowest BCUT2D eigenvalue weighted by atomic mass is 9.75. The molecule has 0 aliphatic carbocycles. The third-order valence-corrected chi connectivity index (χ3v) is 8.47. The molecule has 5 aromatic rings. The van der Waals surface area contributed by atoms with E-state index in [4.69, 9.17) is 28.4 Å². The van der Waals surface area contributed by atoms with Crippen molar-refractivity contribution in [3.63, 3.8) is 0 Å². The Morgan fingerprint density at radius 3 is 0.761 bits per heavy atom. The Morgan fingerprint density at radius 2 is 0.587 bits per heavy atom. The summed E-state index contributed by atoms with van der Waals surface area (Å²) in [6.45, 7) is 0. The first-order chi connectivity index (χ1) is 22.3. The minimum absolute atomic E-state index is 0.121. The van der Waals surface area contributed by atoms with E-state index in [1.807, 2.05) is 97.1 Å². The van der Waals surface area contributed by atoms with Crippen LogP contribution >= 0.6 is 0 Å². The van der Waals surface area contributed by atoms with Gasteiger partial charge in [-0.15, -0.1) is 0 Å². The number of rotatable bonds is 12. The lowest BCUT2D eigenvalue weighted by Crippen LogP contribution is -2.34. The average molecular weight is 623 g/mol. The summed E-state index contributed by atoms with van der Waals surface area (Å²) in [6, 6.07) is 32.6. The minimum atomic E-state index is -1.34. The van der Waals surface area contributed by atoms with Crippen LogP contribution < -0.4 is 18.9 Å².